The van der Waals surface area contributed by atoms with Crippen LogP contribution in [0.15, 0.2) is 29.3 Å². The number of nitrogens with zero attached hydrogens (tertiary/aromatic N) is 2. The van der Waals surface area contributed by atoms with Crippen LogP contribution in [-0.4, -0.2) is 61.1 Å². The summed E-state index contributed by atoms with van der Waals surface area (Å²) in [5.41, 5.74) is 0.617. The molecule has 1 aromatic carbocycles. The number of carbonyl (C=O) groups excluding carboxylic acids is 1. The maximum Gasteiger partial charge on any atom is 0.242 e. The lowest BCUT2D eigenvalue weighted by Gasteiger charge is -2.20. The molecular formula is C24H43N5O2. The van der Waals surface area contributed by atoms with Gasteiger partial charge in [-0.15, -0.1) is 0 Å². The van der Waals surface area contributed by atoms with Crippen molar-refractivity contribution in [2.24, 2.45) is 4.99 Å². The van der Waals surface area contributed by atoms with E-state index in [1.807, 2.05) is 58.9 Å². The Bertz CT molecular complexity index is 662. The molecule has 0 unspecified atom stereocenters. The van der Waals surface area contributed by atoms with Crippen molar-refractivity contribution in [2.75, 3.05) is 38.0 Å². The Kier molecular flexibility index (Phi) is 12.0. The van der Waals surface area contributed by atoms with Gasteiger partial charge in [-0.2, -0.15) is 0 Å². The lowest BCUT2D eigenvalue weighted by atomic mass is 10.1. The van der Waals surface area contributed by atoms with Gasteiger partial charge in [-0.1, -0.05) is 13.8 Å². The molecule has 0 radical (unpaired) electrons. The second-order valence-corrected chi connectivity index (χ2v) is 8.94. The van der Waals surface area contributed by atoms with Gasteiger partial charge in [0.2, 0.25) is 5.91 Å². The number of aliphatic imine (C=N–C) groups is 1. The molecule has 31 heavy (non-hydrogen) atoms. The van der Waals surface area contributed by atoms with E-state index in [4.69, 9.17) is 4.74 Å². The number of benzene rings is 1. The van der Waals surface area contributed by atoms with E-state index in [1.54, 1.807) is 0 Å². The van der Waals surface area contributed by atoms with Gasteiger partial charge in [0.1, 0.15) is 12.3 Å². The lowest BCUT2D eigenvalue weighted by molar-refractivity contribution is -0.121. The summed E-state index contributed by atoms with van der Waals surface area (Å²) in [5, 5.41) is 9.59. The highest BCUT2D eigenvalue weighted by atomic mass is 16.5. The minimum Gasteiger partial charge on any atom is -0.491 e. The van der Waals surface area contributed by atoms with Gasteiger partial charge in [0.25, 0.3) is 0 Å². The summed E-state index contributed by atoms with van der Waals surface area (Å²) < 4.78 is 5.70. The normalized spacial score (nSPS) is 12.2. The minimum absolute atomic E-state index is 0.0700. The fraction of sp³-hybridized carbons (Fsp3) is 0.667. The maximum absolute atomic E-state index is 12.2. The Morgan fingerprint density at radius 3 is 2.29 bits per heavy atom. The van der Waals surface area contributed by atoms with E-state index in [0.717, 1.165) is 50.5 Å². The van der Waals surface area contributed by atoms with Crippen molar-refractivity contribution in [3.05, 3.63) is 24.3 Å². The van der Waals surface area contributed by atoms with Crippen molar-refractivity contribution in [2.45, 2.75) is 73.0 Å². The summed E-state index contributed by atoms with van der Waals surface area (Å²) in [6, 6.07) is 7.75. The molecule has 176 valence electrons. The summed E-state index contributed by atoms with van der Waals surface area (Å²) in [6.45, 7) is 18.4. The van der Waals surface area contributed by atoms with Gasteiger partial charge in [0.05, 0.1) is 6.10 Å². The summed E-state index contributed by atoms with van der Waals surface area (Å²) in [6.07, 6.45) is 2.29. The number of amides is 1. The van der Waals surface area contributed by atoms with Crippen LogP contribution in [-0.2, 0) is 4.79 Å². The average molecular weight is 434 g/mol. The standard InChI is InChI=1S/C24H43N5O2/c1-8-29(9-2)17-11-10-16-25-23(26-18-22(30)28-24(5,6)7)27-20-12-14-21(15-13-20)31-19(3)4/h12-15,19H,8-11,16-18H2,1-7H3,(H,28,30)(H2,25,26,27). The molecule has 0 aliphatic carbocycles. The largest absolute Gasteiger partial charge is 0.491 e. The molecule has 0 aromatic heterocycles. The molecular weight excluding hydrogens is 390 g/mol. The predicted octanol–water partition coefficient (Wildman–Crippen LogP) is 3.87. The molecule has 1 rings (SSSR count). The van der Waals surface area contributed by atoms with E-state index >= 15 is 0 Å². The van der Waals surface area contributed by atoms with Crippen LogP contribution in [0.3, 0.4) is 0 Å². The number of hydrogen-bond acceptors (Lipinski definition) is 4. The topological polar surface area (TPSA) is 78.0 Å². The highest BCUT2D eigenvalue weighted by molar-refractivity contribution is 5.95. The number of nitrogens with one attached hydrogen (secondary N) is 3. The van der Waals surface area contributed by atoms with Crippen LogP contribution in [0, 0.1) is 0 Å². The monoisotopic (exact) mass is 433 g/mol. The van der Waals surface area contributed by atoms with Gasteiger partial charge in [-0.25, -0.2) is 4.99 Å². The lowest BCUT2D eigenvalue weighted by Crippen LogP contribution is -2.42. The molecule has 0 heterocycles. The quantitative estimate of drug-likeness (QED) is 0.265. The Morgan fingerprint density at radius 1 is 1.10 bits per heavy atom. The first-order chi connectivity index (χ1) is 14.6. The average Bonchev–Trinajstić information content (AvgIpc) is 2.68. The van der Waals surface area contributed by atoms with E-state index in [9.17, 15) is 4.79 Å². The minimum atomic E-state index is -0.274. The van der Waals surface area contributed by atoms with E-state index in [-0.39, 0.29) is 24.1 Å². The van der Waals surface area contributed by atoms with Crippen LogP contribution < -0.4 is 20.7 Å². The van der Waals surface area contributed by atoms with Crippen molar-refractivity contribution in [3.8, 4) is 5.75 Å². The smallest absolute Gasteiger partial charge is 0.242 e. The second-order valence-electron chi connectivity index (χ2n) is 8.94. The van der Waals surface area contributed by atoms with E-state index in [1.165, 1.54) is 0 Å². The van der Waals surface area contributed by atoms with Crippen molar-refractivity contribution in [1.29, 1.82) is 0 Å². The van der Waals surface area contributed by atoms with Gasteiger partial charge in [-0.05, 0) is 91.4 Å². The molecule has 0 atom stereocenters. The van der Waals surface area contributed by atoms with Gasteiger partial charge in [0, 0.05) is 17.8 Å². The first-order valence-corrected chi connectivity index (χ1v) is 11.5. The van der Waals surface area contributed by atoms with Crippen LogP contribution in [0.1, 0.15) is 61.3 Å². The first-order valence-electron chi connectivity index (χ1n) is 11.5. The van der Waals surface area contributed by atoms with E-state index < -0.39 is 0 Å². The number of carbonyl (C=O) groups is 1. The number of rotatable bonds is 12. The molecule has 0 saturated heterocycles. The van der Waals surface area contributed by atoms with E-state index in [2.05, 4.69) is 39.7 Å². The number of anilines is 1. The molecule has 0 aliphatic rings. The van der Waals surface area contributed by atoms with Gasteiger partial charge < -0.3 is 25.6 Å². The van der Waals surface area contributed by atoms with Gasteiger partial charge >= 0.3 is 0 Å². The van der Waals surface area contributed by atoms with Gasteiger partial charge in [0.15, 0.2) is 5.96 Å². The number of ether oxygens (including phenoxy) is 1. The Morgan fingerprint density at radius 2 is 1.74 bits per heavy atom. The second kappa shape index (κ2) is 13.9. The zero-order valence-electron chi connectivity index (χ0n) is 20.5. The molecule has 0 fully saturated rings. The first kappa shape index (κ1) is 26.8. The predicted molar refractivity (Wildman–Crippen MR) is 131 cm³/mol. The third kappa shape index (κ3) is 12.9. The molecule has 0 saturated carbocycles. The summed E-state index contributed by atoms with van der Waals surface area (Å²) >= 11 is 0. The fourth-order valence-electron chi connectivity index (χ4n) is 2.98. The molecule has 7 nitrogen and oxygen atoms in total. The Hall–Kier alpha value is -2.28. The van der Waals surface area contributed by atoms with Crippen LogP contribution in [0.25, 0.3) is 0 Å². The van der Waals surface area contributed by atoms with Crippen LogP contribution >= 0.6 is 0 Å². The van der Waals surface area contributed by atoms with Gasteiger partial charge in [-0.3, -0.25) is 4.79 Å². The molecule has 7 heteroatoms. The summed E-state index contributed by atoms with van der Waals surface area (Å²) in [4.78, 5) is 19.1. The Balaban J connectivity index is 2.68. The van der Waals surface area contributed by atoms with Crippen LogP contribution in [0.5, 0.6) is 5.75 Å². The van der Waals surface area contributed by atoms with Crippen LogP contribution in [0.2, 0.25) is 0 Å². The summed E-state index contributed by atoms with van der Waals surface area (Å²) in [7, 11) is 0. The molecule has 0 aliphatic heterocycles. The number of unbranched alkanes of at least 4 members (excludes halogenated alkanes) is 1. The molecule has 3 N–H and O–H groups in total. The molecule has 1 amide bonds. The van der Waals surface area contributed by atoms with E-state index in [0.29, 0.717) is 5.96 Å². The number of hydrogen-bond donors (Lipinski definition) is 3. The molecule has 1 aromatic rings. The summed E-state index contributed by atoms with van der Waals surface area (Å²) in [5.74, 6) is 1.33. The zero-order chi connectivity index (χ0) is 23.3. The highest BCUT2D eigenvalue weighted by Gasteiger charge is 2.13. The molecule has 0 spiro atoms. The SMILES string of the molecule is CCN(CC)CCCCNC(=NCC(=O)NC(C)(C)C)Nc1ccc(OC(C)C)cc1. The molecule has 0 bridgehead atoms. The number of guanidine groups is 1. The van der Waals surface area contributed by atoms with Crippen molar-refractivity contribution in [1.82, 2.24) is 15.5 Å². The third-order valence-electron chi connectivity index (χ3n) is 4.47. The van der Waals surface area contributed by atoms with Crippen molar-refractivity contribution >= 4 is 17.6 Å². The van der Waals surface area contributed by atoms with Crippen molar-refractivity contribution < 1.29 is 9.53 Å². The maximum atomic E-state index is 12.2. The fourth-order valence-corrected chi connectivity index (χ4v) is 2.98. The van der Waals surface area contributed by atoms with Crippen LogP contribution in [0.4, 0.5) is 5.69 Å². The highest BCUT2D eigenvalue weighted by Crippen LogP contribution is 2.16. The third-order valence-corrected chi connectivity index (χ3v) is 4.47. The van der Waals surface area contributed by atoms with Crippen molar-refractivity contribution in [3.63, 3.8) is 0 Å². The zero-order valence-corrected chi connectivity index (χ0v) is 20.5. The Labute approximate surface area is 189 Å².